The summed E-state index contributed by atoms with van der Waals surface area (Å²) < 4.78 is 12.9. The van der Waals surface area contributed by atoms with E-state index in [4.69, 9.17) is 0 Å². The highest BCUT2D eigenvalue weighted by Gasteiger charge is 2.47. The number of halogens is 1. The molecule has 1 heterocycles. The molecule has 1 aliphatic heterocycles. The van der Waals surface area contributed by atoms with Crippen molar-refractivity contribution in [3.63, 3.8) is 0 Å². The van der Waals surface area contributed by atoms with Gasteiger partial charge in [-0.15, -0.1) is 0 Å². The molecule has 0 radical (unpaired) electrons. The quantitative estimate of drug-likeness (QED) is 0.769. The summed E-state index contributed by atoms with van der Waals surface area (Å²) in [7, 11) is 0. The molecule has 2 aromatic rings. The van der Waals surface area contributed by atoms with Crippen molar-refractivity contribution >= 4 is 23.5 Å². The molecule has 0 aromatic heterocycles. The van der Waals surface area contributed by atoms with Gasteiger partial charge in [0.2, 0.25) is 5.91 Å². The number of benzene rings is 2. The lowest BCUT2D eigenvalue weighted by atomic mass is 9.93. The van der Waals surface area contributed by atoms with Gasteiger partial charge >= 0.3 is 6.03 Å². The average Bonchev–Trinajstić information content (AvgIpc) is 2.86. The fraction of sp³-hybridized carbons (Fsp3) is 0.250. The normalized spacial score (nSPS) is 19.1. The maximum Gasteiger partial charge on any atom is 0.325 e. The lowest BCUT2D eigenvalue weighted by Crippen LogP contribution is -2.45. The Balaban J connectivity index is 1.61. The fourth-order valence-electron chi connectivity index (χ4n) is 2.98. The Kier molecular flexibility index (Phi) is 5.21. The van der Waals surface area contributed by atoms with Crippen LogP contribution in [0.5, 0.6) is 0 Å². The van der Waals surface area contributed by atoms with E-state index >= 15 is 0 Å². The molecule has 0 spiro atoms. The van der Waals surface area contributed by atoms with Crippen LogP contribution in [0, 0.1) is 5.82 Å². The van der Waals surface area contributed by atoms with Gasteiger partial charge < -0.3 is 10.6 Å². The van der Waals surface area contributed by atoms with Gasteiger partial charge in [-0.1, -0.05) is 30.3 Å². The first kappa shape index (κ1) is 18.6. The number of anilines is 1. The second kappa shape index (κ2) is 7.57. The van der Waals surface area contributed by atoms with E-state index in [1.165, 1.54) is 24.3 Å². The van der Waals surface area contributed by atoms with Crippen LogP contribution in [0.3, 0.4) is 0 Å². The van der Waals surface area contributed by atoms with E-state index in [-0.39, 0.29) is 0 Å². The SMILES string of the molecule is CC1(CCc2ccccc2)NC(=O)N(CC(=O)Nc2ccc(F)cc2)C1=O. The number of hydrogen-bond acceptors (Lipinski definition) is 3. The smallest absolute Gasteiger partial charge is 0.325 e. The van der Waals surface area contributed by atoms with Crippen molar-refractivity contribution in [2.75, 3.05) is 11.9 Å². The predicted octanol–water partition coefficient (Wildman–Crippen LogP) is 2.71. The lowest BCUT2D eigenvalue weighted by molar-refractivity contribution is -0.133. The van der Waals surface area contributed by atoms with Crippen LogP contribution >= 0.6 is 0 Å². The summed E-state index contributed by atoms with van der Waals surface area (Å²) in [6.45, 7) is 1.26. The molecule has 7 heteroatoms. The van der Waals surface area contributed by atoms with Crippen molar-refractivity contribution in [2.24, 2.45) is 0 Å². The maximum atomic E-state index is 12.9. The minimum atomic E-state index is -1.05. The summed E-state index contributed by atoms with van der Waals surface area (Å²) in [5.74, 6) is -1.38. The van der Waals surface area contributed by atoms with E-state index in [2.05, 4.69) is 10.6 Å². The van der Waals surface area contributed by atoms with Crippen molar-refractivity contribution in [2.45, 2.75) is 25.3 Å². The molecule has 0 aliphatic carbocycles. The predicted molar refractivity (Wildman–Crippen MR) is 98.4 cm³/mol. The molecule has 6 nitrogen and oxygen atoms in total. The van der Waals surface area contributed by atoms with Gasteiger partial charge in [0.1, 0.15) is 17.9 Å². The molecule has 1 saturated heterocycles. The molecule has 0 bridgehead atoms. The first-order valence-electron chi connectivity index (χ1n) is 8.61. The lowest BCUT2D eigenvalue weighted by Gasteiger charge is -2.21. The Morgan fingerprint density at radius 2 is 1.78 bits per heavy atom. The van der Waals surface area contributed by atoms with E-state index in [1.807, 2.05) is 30.3 Å². The Bertz CT molecular complexity index is 855. The number of rotatable bonds is 6. The molecule has 1 fully saturated rings. The molecule has 2 N–H and O–H groups in total. The number of nitrogens with one attached hydrogen (secondary N) is 2. The van der Waals surface area contributed by atoms with Gasteiger partial charge in [0, 0.05) is 5.69 Å². The number of urea groups is 1. The van der Waals surface area contributed by atoms with Crippen LogP contribution in [-0.4, -0.2) is 34.8 Å². The zero-order chi connectivity index (χ0) is 19.4. The topological polar surface area (TPSA) is 78.5 Å². The summed E-state index contributed by atoms with van der Waals surface area (Å²) in [6, 6.07) is 14.3. The van der Waals surface area contributed by atoms with Crippen molar-refractivity contribution < 1.29 is 18.8 Å². The number of hydrogen-bond donors (Lipinski definition) is 2. The molecular weight excluding hydrogens is 349 g/mol. The molecule has 4 amide bonds. The van der Waals surface area contributed by atoms with Crippen molar-refractivity contribution in [3.8, 4) is 0 Å². The number of nitrogens with zero attached hydrogens (tertiary/aromatic N) is 1. The summed E-state index contributed by atoms with van der Waals surface area (Å²) in [6.07, 6.45) is 1.05. The van der Waals surface area contributed by atoms with Gasteiger partial charge in [-0.25, -0.2) is 9.18 Å². The third-order valence-corrected chi connectivity index (χ3v) is 4.53. The Morgan fingerprint density at radius 3 is 2.44 bits per heavy atom. The summed E-state index contributed by atoms with van der Waals surface area (Å²) in [4.78, 5) is 38.0. The molecule has 0 saturated carbocycles. The highest BCUT2D eigenvalue weighted by Crippen LogP contribution is 2.23. The van der Waals surface area contributed by atoms with E-state index in [1.54, 1.807) is 6.92 Å². The third-order valence-electron chi connectivity index (χ3n) is 4.53. The van der Waals surface area contributed by atoms with Crippen LogP contribution in [0.25, 0.3) is 0 Å². The Labute approximate surface area is 156 Å². The molecular formula is C20H20FN3O3. The van der Waals surface area contributed by atoms with Crippen LogP contribution in [0.15, 0.2) is 54.6 Å². The van der Waals surface area contributed by atoms with Crippen LogP contribution in [-0.2, 0) is 16.0 Å². The number of carbonyl (C=O) groups is 3. The van der Waals surface area contributed by atoms with Crippen molar-refractivity contribution in [3.05, 3.63) is 66.0 Å². The van der Waals surface area contributed by atoms with Gasteiger partial charge in [-0.3, -0.25) is 14.5 Å². The highest BCUT2D eigenvalue weighted by atomic mass is 19.1. The van der Waals surface area contributed by atoms with Crippen LogP contribution in [0.2, 0.25) is 0 Å². The standard InChI is InChI=1S/C20H20FN3O3/c1-20(12-11-14-5-3-2-4-6-14)18(26)24(19(27)23-20)13-17(25)22-16-9-7-15(21)8-10-16/h2-10H,11-13H2,1H3,(H,22,25)(H,23,27). The first-order chi connectivity index (χ1) is 12.9. The second-order valence-electron chi connectivity index (χ2n) is 6.69. The minimum absolute atomic E-state index is 0.389. The largest absolute Gasteiger partial charge is 0.325 e. The summed E-state index contributed by atoms with van der Waals surface area (Å²) >= 11 is 0. The number of amides is 4. The van der Waals surface area contributed by atoms with E-state index in [0.717, 1.165) is 10.5 Å². The second-order valence-corrected chi connectivity index (χ2v) is 6.69. The molecule has 1 unspecified atom stereocenters. The van der Waals surface area contributed by atoms with Crippen LogP contribution < -0.4 is 10.6 Å². The monoisotopic (exact) mass is 369 g/mol. The Hall–Kier alpha value is -3.22. The van der Waals surface area contributed by atoms with Crippen LogP contribution in [0.4, 0.5) is 14.9 Å². The average molecular weight is 369 g/mol. The third kappa shape index (κ3) is 4.31. The number of aryl methyl sites for hydroxylation is 1. The van der Waals surface area contributed by atoms with E-state index < -0.39 is 35.7 Å². The van der Waals surface area contributed by atoms with Gasteiger partial charge in [0.05, 0.1) is 0 Å². The summed E-state index contributed by atoms with van der Waals surface area (Å²) in [5.41, 5.74) is 0.400. The number of carbonyl (C=O) groups excluding carboxylic acids is 3. The number of imide groups is 1. The van der Waals surface area contributed by atoms with Crippen molar-refractivity contribution in [1.82, 2.24) is 10.2 Å². The van der Waals surface area contributed by atoms with Crippen molar-refractivity contribution in [1.29, 1.82) is 0 Å². The molecule has 1 aliphatic rings. The zero-order valence-corrected chi connectivity index (χ0v) is 14.9. The summed E-state index contributed by atoms with van der Waals surface area (Å²) in [5, 5.41) is 5.23. The van der Waals surface area contributed by atoms with Crippen LogP contribution in [0.1, 0.15) is 18.9 Å². The Morgan fingerprint density at radius 1 is 1.11 bits per heavy atom. The first-order valence-corrected chi connectivity index (χ1v) is 8.61. The zero-order valence-electron chi connectivity index (χ0n) is 14.9. The molecule has 2 aromatic carbocycles. The molecule has 140 valence electrons. The van der Waals surface area contributed by atoms with E-state index in [0.29, 0.717) is 18.5 Å². The highest BCUT2D eigenvalue weighted by molar-refractivity contribution is 6.09. The van der Waals surface area contributed by atoms with Gasteiger partial charge in [-0.05, 0) is 49.6 Å². The fourth-order valence-corrected chi connectivity index (χ4v) is 2.98. The molecule has 3 rings (SSSR count). The van der Waals surface area contributed by atoms with Gasteiger partial charge in [0.25, 0.3) is 5.91 Å². The maximum absolute atomic E-state index is 12.9. The van der Waals surface area contributed by atoms with Gasteiger partial charge in [-0.2, -0.15) is 0 Å². The molecule has 1 atom stereocenters. The van der Waals surface area contributed by atoms with Gasteiger partial charge in [0.15, 0.2) is 0 Å². The molecule has 27 heavy (non-hydrogen) atoms. The van der Waals surface area contributed by atoms with E-state index in [9.17, 15) is 18.8 Å². The minimum Gasteiger partial charge on any atom is -0.325 e.